The fraction of sp³-hybridized carbons (Fsp3) is 0.483. The van der Waals surface area contributed by atoms with Gasteiger partial charge >= 0.3 is 0 Å². The van der Waals surface area contributed by atoms with E-state index in [4.69, 9.17) is 4.42 Å². The highest BCUT2D eigenvalue weighted by molar-refractivity contribution is 5.50. The van der Waals surface area contributed by atoms with E-state index in [1.807, 2.05) is 24.3 Å². The van der Waals surface area contributed by atoms with Crippen LogP contribution in [0.25, 0.3) is 11.5 Å². The van der Waals surface area contributed by atoms with Crippen molar-refractivity contribution in [3.8, 4) is 11.5 Å². The van der Waals surface area contributed by atoms with Crippen LogP contribution in [-0.4, -0.2) is 52.8 Å². The highest BCUT2D eigenvalue weighted by atomic mass is 19.1. The van der Waals surface area contributed by atoms with Gasteiger partial charge in [0.15, 0.2) is 0 Å². The molecule has 7 heteroatoms. The summed E-state index contributed by atoms with van der Waals surface area (Å²) in [7, 11) is 0. The van der Waals surface area contributed by atoms with Gasteiger partial charge in [0, 0.05) is 57.2 Å². The Kier molecular flexibility index (Phi) is 7.46. The summed E-state index contributed by atoms with van der Waals surface area (Å²) >= 11 is 0. The zero-order valence-corrected chi connectivity index (χ0v) is 21.5. The maximum Gasteiger partial charge on any atom is 0.249 e. The molecule has 1 aromatic carbocycles. The SMILES string of the molecule is CC1=CC(CN2CCN(c3ccc(F)cc3)CC2)C(C(C)C)CC1Cc1nnc(-c2cccnc2)o1. The molecular formula is C29H36FN5O. The predicted octanol–water partition coefficient (Wildman–Crippen LogP) is 5.49. The van der Waals surface area contributed by atoms with Gasteiger partial charge in [-0.05, 0) is 73.4 Å². The summed E-state index contributed by atoms with van der Waals surface area (Å²) in [5, 5.41) is 8.59. The maximum absolute atomic E-state index is 13.3. The van der Waals surface area contributed by atoms with E-state index in [9.17, 15) is 4.39 Å². The minimum Gasteiger partial charge on any atom is -0.421 e. The van der Waals surface area contributed by atoms with Crippen LogP contribution in [-0.2, 0) is 6.42 Å². The number of allylic oxidation sites excluding steroid dienone is 1. The molecule has 3 unspecified atom stereocenters. The number of aromatic nitrogens is 3. The topological polar surface area (TPSA) is 58.3 Å². The van der Waals surface area contributed by atoms with Gasteiger partial charge in [-0.2, -0.15) is 0 Å². The van der Waals surface area contributed by atoms with Crippen LogP contribution in [0.4, 0.5) is 10.1 Å². The van der Waals surface area contributed by atoms with E-state index in [-0.39, 0.29) is 5.82 Å². The van der Waals surface area contributed by atoms with Gasteiger partial charge in [-0.1, -0.05) is 25.5 Å². The van der Waals surface area contributed by atoms with Crippen LogP contribution in [0, 0.1) is 29.5 Å². The molecule has 190 valence electrons. The molecular weight excluding hydrogens is 453 g/mol. The van der Waals surface area contributed by atoms with Crippen molar-refractivity contribution in [1.82, 2.24) is 20.1 Å². The van der Waals surface area contributed by atoms with Gasteiger partial charge in [0.05, 0.1) is 5.56 Å². The number of pyridine rings is 1. The molecule has 0 radical (unpaired) electrons. The first kappa shape index (κ1) is 24.6. The molecule has 0 spiro atoms. The highest BCUT2D eigenvalue weighted by Crippen LogP contribution is 2.39. The van der Waals surface area contributed by atoms with Crippen molar-refractivity contribution in [2.45, 2.75) is 33.6 Å². The summed E-state index contributed by atoms with van der Waals surface area (Å²) in [6.45, 7) is 12.1. The third kappa shape index (κ3) is 5.67. The fourth-order valence-corrected chi connectivity index (χ4v) is 5.78. The maximum atomic E-state index is 13.3. The first-order valence-corrected chi connectivity index (χ1v) is 13.1. The van der Waals surface area contributed by atoms with E-state index in [0.29, 0.717) is 35.5 Å². The van der Waals surface area contributed by atoms with Crippen LogP contribution in [0.2, 0.25) is 0 Å². The average molecular weight is 490 g/mol. The summed E-state index contributed by atoms with van der Waals surface area (Å²) in [5.41, 5.74) is 3.40. The molecule has 5 rings (SSSR count). The standard InChI is InChI=1S/C29H36FN5O/c1-20(2)27-16-23(17-28-32-33-29(36-28)22-5-4-10-31-18-22)21(3)15-24(27)19-34-11-13-35(14-12-34)26-8-6-25(30)7-9-26/h4-10,15,18,20,23-24,27H,11-14,16-17,19H2,1-3H3. The second-order valence-corrected chi connectivity index (χ2v) is 10.6. The van der Waals surface area contributed by atoms with Crippen molar-refractivity contribution in [2.75, 3.05) is 37.6 Å². The summed E-state index contributed by atoms with van der Waals surface area (Å²) < 4.78 is 19.3. The van der Waals surface area contributed by atoms with Crippen LogP contribution in [0.5, 0.6) is 0 Å². The van der Waals surface area contributed by atoms with E-state index in [1.54, 1.807) is 24.5 Å². The zero-order valence-electron chi connectivity index (χ0n) is 21.5. The Hall–Kier alpha value is -3.06. The number of nitrogens with zero attached hydrogens (tertiary/aromatic N) is 5. The lowest BCUT2D eigenvalue weighted by molar-refractivity contribution is 0.155. The lowest BCUT2D eigenvalue weighted by Gasteiger charge is -2.42. The number of hydrogen-bond donors (Lipinski definition) is 0. The molecule has 6 nitrogen and oxygen atoms in total. The van der Waals surface area contributed by atoms with Crippen molar-refractivity contribution in [2.24, 2.45) is 23.7 Å². The largest absolute Gasteiger partial charge is 0.421 e. The Bertz CT molecular complexity index is 1150. The number of hydrogen-bond acceptors (Lipinski definition) is 6. The molecule has 1 saturated heterocycles. The number of benzene rings is 1. The minimum atomic E-state index is -0.178. The van der Waals surface area contributed by atoms with Gasteiger partial charge < -0.3 is 9.32 Å². The normalized spacial score (nSPS) is 23.2. The van der Waals surface area contributed by atoms with E-state index in [1.165, 1.54) is 5.57 Å². The van der Waals surface area contributed by atoms with Gasteiger partial charge in [-0.3, -0.25) is 9.88 Å². The van der Waals surface area contributed by atoms with Gasteiger partial charge in [-0.25, -0.2) is 4.39 Å². The Labute approximate surface area is 213 Å². The smallest absolute Gasteiger partial charge is 0.249 e. The van der Waals surface area contributed by atoms with Crippen LogP contribution >= 0.6 is 0 Å². The molecule has 3 heterocycles. The molecule has 1 fully saturated rings. The molecule has 0 saturated carbocycles. The van der Waals surface area contributed by atoms with Crippen molar-refractivity contribution < 1.29 is 8.81 Å². The zero-order chi connectivity index (χ0) is 25.1. The molecule has 1 aliphatic heterocycles. The van der Waals surface area contributed by atoms with Gasteiger partial charge in [0.25, 0.3) is 0 Å². The second kappa shape index (κ2) is 10.9. The Morgan fingerprint density at radius 3 is 2.53 bits per heavy atom. The van der Waals surface area contributed by atoms with E-state index >= 15 is 0 Å². The van der Waals surface area contributed by atoms with E-state index < -0.39 is 0 Å². The van der Waals surface area contributed by atoms with Gasteiger partial charge in [0.2, 0.25) is 11.8 Å². The van der Waals surface area contributed by atoms with E-state index in [0.717, 1.165) is 56.8 Å². The summed E-state index contributed by atoms with van der Waals surface area (Å²) in [6.07, 6.45) is 7.93. The third-order valence-electron chi connectivity index (χ3n) is 7.91. The summed E-state index contributed by atoms with van der Waals surface area (Å²) in [6, 6.07) is 10.7. The quantitative estimate of drug-likeness (QED) is 0.409. The molecule has 0 bridgehead atoms. The van der Waals surface area contributed by atoms with Gasteiger partial charge in [0.1, 0.15) is 5.82 Å². The minimum absolute atomic E-state index is 0.178. The highest BCUT2D eigenvalue weighted by Gasteiger charge is 2.34. The fourth-order valence-electron chi connectivity index (χ4n) is 5.78. The van der Waals surface area contributed by atoms with E-state index in [2.05, 4.69) is 51.8 Å². The molecule has 36 heavy (non-hydrogen) atoms. The molecule has 1 aliphatic carbocycles. The molecule has 3 atom stereocenters. The number of rotatable bonds is 7. The number of halogens is 1. The Morgan fingerprint density at radius 2 is 1.83 bits per heavy atom. The number of piperazine rings is 1. The molecule has 0 N–H and O–H groups in total. The lowest BCUT2D eigenvalue weighted by atomic mass is 9.69. The lowest BCUT2D eigenvalue weighted by Crippen LogP contribution is -2.49. The predicted molar refractivity (Wildman–Crippen MR) is 140 cm³/mol. The van der Waals surface area contributed by atoms with Crippen LogP contribution in [0.1, 0.15) is 33.1 Å². The Morgan fingerprint density at radius 1 is 1.06 bits per heavy atom. The second-order valence-electron chi connectivity index (χ2n) is 10.6. The van der Waals surface area contributed by atoms with Crippen LogP contribution < -0.4 is 4.90 Å². The van der Waals surface area contributed by atoms with Crippen LogP contribution in [0.15, 0.2) is 64.9 Å². The third-order valence-corrected chi connectivity index (χ3v) is 7.91. The Balaban J connectivity index is 1.21. The van der Waals surface area contributed by atoms with Gasteiger partial charge in [-0.15, -0.1) is 10.2 Å². The monoisotopic (exact) mass is 489 g/mol. The summed E-state index contributed by atoms with van der Waals surface area (Å²) in [5.74, 6) is 3.25. The first-order valence-electron chi connectivity index (χ1n) is 13.1. The molecule has 3 aromatic rings. The van der Waals surface area contributed by atoms with Crippen molar-refractivity contribution in [1.29, 1.82) is 0 Å². The van der Waals surface area contributed by atoms with Crippen molar-refractivity contribution in [3.63, 3.8) is 0 Å². The van der Waals surface area contributed by atoms with Crippen LogP contribution in [0.3, 0.4) is 0 Å². The van der Waals surface area contributed by atoms with Crippen molar-refractivity contribution in [3.05, 3.63) is 72.1 Å². The summed E-state index contributed by atoms with van der Waals surface area (Å²) in [4.78, 5) is 9.11. The first-order chi connectivity index (χ1) is 17.5. The molecule has 2 aromatic heterocycles. The molecule has 0 amide bonds. The molecule has 2 aliphatic rings. The van der Waals surface area contributed by atoms with Crippen molar-refractivity contribution >= 4 is 5.69 Å². The number of anilines is 1. The average Bonchev–Trinajstić information content (AvgIpc) is 3.36.